The average molecular weight is 120 g/mol. The van der Waals surface area contributed by atoms with Crippen LogP contribution >= 0.6 is 9.03 Å². The van der Waals surface area contributed by atoms with Gasteiger partial charge in [-0.1, -0.05) is 0 Å². The van der Waals surface area contributed by atoms with Crippen LogP contribution in [-0.2, 0) is 13.8 Å². The van der Waals surface area contributed by atoms with Gasteiger partial charge in [0, 0.05) is 0 Å². The second-order valence-electron chi connectivity index (χ2n) is 1.16. The molecule has 0 aliphatic carbocycles. The van der Waals surface area contributed by atoms with Gasteiger partial charge in [0.15, 0.2) is 0 Å². The average Bonchev–Trinajstić information content (AvgIpc) is 1.69. The minimum atomic E-state index is -0.149. The molecule has 1 aliphatic rings. The minimum Gasteiger partial charge on any atom is -0.420 e. The summed E-state index contributed by atoms with van der Waals surface area (Å²) in [5.41, 5.74) is 0. The van der Waals surface area contributed by atoms with Crippen LogP contribution in [-0.4, -0.2) is 12.6 Å². The predicted octanol–water partition coefficient (Wildman–Crippen LogP) is 0.458. The highest BCUT2D eigenvalue weighted by molar-refractivity contribution is 7.27. The van der Waals surface area contributed by atoms with Crippen molar-refractivity contribution in [2.75, 3.05) is 6.61 Å². The number of rotatable bonds is 0. The molecule has 0 N–H and O–H groups in total. The summed E-state index contributed by atoms with van der Waals surface area (Å²) in [5, 5.41) is 0. The third-order valence-corrected chi connectivity index (χ3v) is 1.26. The third kappa shape index (κ3) is 1.41. The summed E-state index contributed by atoms with van der Waals surface area (Å²) in [5.74, 6) is -0.149. The lowest BCUT2D eigenvalue weighted by Crippen LogP contribution is -2.06. The number of carbonyl (C=O) groups is 1. The van der Waals surface area contributed by atoms with Gasteiger partial charge < -0.3 is 9.05 Å². The zero-order valence-corrected chi connectivity index (χ0v) is 4.64. The van der Waals surface area contributed by atoms with Crippen LogP contribution in [0.1, 0.15) is 6.42 Å². The van der Waals surface area contributed by atoms with E-state index in [0.717, 1.165) is 0 Å². The third-order valence-electron chi connectivity index (χ3n) is 0.623. The zero-order valence-electron chi connectivity index (χ0n) is 3.64. The van der Waals surface area contributed by atoms with Crippen molar-refractivity contribution < 1.29 is 13.8 Å². The van der Waals surface area contributed by atoms with Gasteiger partial charge in [-0.3, -0.25) is 4.79 Å². The Hall–Kier alpha value is -0.140. The van der Waals surface area contributed by atoms with E-state index in [0.29, 0.717) is 13.0 Å². The van der Waals surface area contributed by atoms with Crippen LogP contribution in [0.4, 0.5) is 0 Å². The first kappa shape index (κ1) is 5.01. The van der Waals surface area contributed by atoms with Crippen molar-refractivity contribution in [2.24, 2.45) is 0 Å². The number of hydrogen-bond donors (Lipinski definition) is 0. The minimum absolute atomic E-state index is 0.0675. The summed E-state index contributed by atoms with van der Waals surface area (Å²) in [6.07, 6.45) is 0.410. The molecule has 1 fully saturated rings. The van der Waals surface area contributed by atoms with Crippen molar-refractivity contribution in [1.29, 1.82) is 0 Å². The smallest absolute Gasteiger partial charge is 0.312 e. The number of carbonyl (C=O) groups excluding carboxylic acids is 1. The summed E-state index contributed by atoms with van der Waals surface area (Å²) in [7, 11) is -0.0675. The molecule has 0 aromatic heterocycles. The molecule has 7 heavy (non-hydrogen) atoms. The molecule has 0 aromatic carbocycles. The predicted molar refractivity (Wildman–Crippen MR) is 25.0 cm³/mol. The van der Waals surface area contributed by atoms with Gasteiger partial charge in [0.25, 0.3) is 0 Å². The summed E-state index contributed by atoms with van der Waals surface area (Å²) in [4.78, 5) is 10.2. The van der Waals surface area contributed by atoms with E-state index in [2.05, 4.69) is 4.52 Å². The Morgan fingerprint density at radius 1 is 1.71 bits per heavy atom. The summed E-state index contributed by atoms with van der Waals surface area (Å²) < 4.78 is 9.17. The fraction of sp³-hybridized carbons (Fsp3) is 0.667. The molecule has 1 heterocycles. The van der Waals surface area contributed by atoms with Gasteiger partial charge in [0.2, 0.25) is 9.03 Å². The molecular weight excluding hydrogens is 115 g/mol. The van der Waals surface area contributed by atoms with Crippen LogP contribution in [0.3, 0.4) is 0 Å². The van der Waals surface area contributed by atoms with Crippen molar-refractivity contribution >= 4 is 15.0 Å². The van der Waals surface area contributed by atoms with E-state index < -0.39 is 0 Å². The Bertz CT molecular complexity index is 74.2. The molecule has 0 amide bonds. The van der Waals surface area contributed by atoms with E-state index in [9.17, 15) is 4.79 Å². The van der Waals surface area contributed by atoms with Crippen molar-refractivity contribution in [2.45, 2.75) is 6.42 Å². The monoisotopic (exact) mass is 120 g/mol. The van der Waals surface area contributed by atoms with Crippen molar-refractivity contribution in [3.05, 3.63) is 0 Å². The summed E-state index contributed by atoms with van der Waals surface area (Å²) in [6, 6.07) is 0. The summed E-state index contributed by atoms with van der Waals surface area (Å²) in [6.45, 7) is 0.525. The highest BCUT2D eigenvalue weighted by Crippen LogP contribution is 2.19. The Morgan fingerprint density at radius 3 is 2.86 bits per heavy atom. The van der Waals surface area contributed by atoms with E-state index in [1.807, 2.05) is 0 Å². The van der Waals surface area contributed by atoms with Gasteiger partial charge in [0.05, 0.1) is 13.0 Å². The molecule has 0 radical (unpaired) electrons. The second kappa shape index (κ2) is 2.24. The SMILES string of the molecule is O=C1CCOPO1. The zero-order chi connectivity index (χ0) is 5.11. The van der Waals surface area contributed by atoms with Crippen molar-refractivity contribution in [3.63, 3.8) is 0 Å². The molecular formula is C3H5O3P. The van der Waals surface area contributed by atoms with Crippen LogP contribution in [0.5, 0.6) is 0 Å². The standard InChI is InChI=1S/C3H5O3P/c4-3-1-2-5-7-6-3/h7H,1-2H2. The molecule has 0 spiro atoms. The van der Waals surface area contributed by atoms with Crippen molar-refractivity contribution in [1.82, 2.24) is 0 Å². The first-order valence-corrected chi connectivity index (χ1v) is 2.78. The maximum atomic E-state index is 10.2. The number of hydrogen-bond acceptors (Lipinski definition) is 3. The Labute approximate surface area is 42.9 Å². The van der Waals surface area contributed by atoms with Crippen LogP contribution in [0.25, 0.3) is 0 Å². The van der Waals surface area contributed by atoms with Gasteiger partial charge in [-0.2, -0.15) is 0 Å². The van der Waals surface area contributed by atoms with Gasteiger partial charge in [-0.05, 0) is 0 Å². The van der Waals surface area contributed by atoms with E-state index >= 15 is 0 Å². The molecule has 0 saturated carbocycles. The fourth-order valence-corrected chi connectivity index (χ4v) is 0.742. The molecule has 4 heteroatoms. The lowest BCUT2D eigenvalue weighted by molar-refractivity contribution is -0.136. The highest BCUT2D eigenvalue weighted by atomic mass is 31.1. The van der Waals surface area contributed by atoms with Gasteiger partial charge in [-0.25, -0.2) is 0 Å². The lowest BCUT2D eigenvalue weighted by atomic mass is 10.5. The topological polar surface area (TPSA) is 35.5 Å². The molecule has 1 atom stereocenters. The summed E-state index contributed by atoms with van der Waals surface area (Å²) >= 11 is 0. The van der Waals surface area contributed by atoms with E-state index in [-0.39, 0.29) is 15.0 Å². The first-order valence-electron chi connectivity index (χ1n) is 1.96. The van der Waals surface area contributed by atoms with Crippen LogP contribution < -0.4 is 0 Å². The Kier molecular flexibility index (Phi) is 1.60. The second-order valence-corrected chi connectivity index (χ2v) is 1.82. The quantitative estimate of drug-likeness (QED) is 0.435. The molecule has 1 saturated heterocycles. The normalized spacial score (nSPS) is 24.9. The van der Waals surface area contributed by atoms with E-state index in [1.54, 1.807) is 0 Å². The Balaban J connectivity index is 2.25. The van der Waals surface area contributed by atoms with E-state index in [4.69, 9.17) is 4.52 Å². The van der Waals surface area contributed by atoms with Crippen molar-refractivity contribution in [3.8, 4) is 0 Å². The maximum absolute atomic E-state index is 10.2. The molecule has 1 rings (SSSR count). The van der Waals surface area contributed by atoms with Gasteiger partial charge in [0.1, 0.15) is 0 Å². The fourth-order valence-electron chi connectivity index (χ4n) is 0.303. The van der Waals surface area contributed by atoms with Crippen LogP contribution in [0, 0.1) is 0 Å². The van der Waals surface area contributed by atoms with Gasteiger partial charge in [-0.15, -0.1) is 0 Å². The van der Waals surface area contributed by atoms with Crippen LogP contribution in [0.2, 0.25) is 0 Å². The molecule has 1 unspecified atom stereocenters. The Morgan fingerprint density at radius 2 is 2.57 bits per heavy atom. The lowest BCUT2D eigenvalue weighted by Gasteiger charge is -2.08. The largest absolute Gasteiger partial charge is 0.420 e. The molecule has 3 nitrogen and oxygen atoms in total. The van der Waals surface area contributed by atoms with Gasteiger partial charge >= 0.3 is 5.97 Å². The molecule has 0 aromatic rings. The molecule has 1 aliphatic heterocycles. The van der Waals surface area contributed by atoms with E-state index in [1.165, 1.54) is 0 Å². The first-order chi connectivity index (χ1) is 3.39. The molecule has 40 valence electrons. The van der Waals surface area contributed by atoms with Crippen LogP contribution in [0.15, 0.2) is 0 Å². The maximum Gasteiger partial charge on any atom is 0.312 e. The highest BCUT2D eigenvalue weighted by Gasteiger charge is 2.07. The molecule has 0 bridgehead atoms.